The zero-order valence-electron chi connectivity index (χ0n) is 9.91. The molecule has 17 heavy (non-hydrogen) atoms. The van der Waals surface area contributed by atoms with Gasteiger partial charge in [0.25, 0.3) is 0 Å². The molecule has 0 aliphatic heterocycles. The van der Waals surface area contributed by atoms with E-state index in [4.69, 9.17) is 5.26 Å². The minimum atomic E-state index is 0.393. The molecule has 2 aromatic rings. The maximum atomic E-state index is 8.87. The lowest BCUT2D eigenvalue weighted by molar-refractivity contribution is 0.460. The Kier molecular flexibility index (Phi) is 3.19. The monoisotopic (exact) mass is 230 g/mol. The smallest absolute Gasteiger partial charge is 0.213 e. The van der Waals surface area contributed by atoms with E-state index in [-0.39, 0.29) is 0 Å². The van der Waals surface area contributed by atoms with Crippen molar-refractivity contribution < 1.29 is 0 Å². The summed E-state index contributed by atoms with van der Waals surface area (Å²) in [7, 11) is 0. The molecular formula is C11H14N6. The Morgan fingerprint density at radius 2 is 2.24 bits per heavy atom. The Morgan fingerprint density at radius 3 is 2.94 bits per heavy atom. The van der Waals surface area contributed by atoms with E-state index in [0.29, 0.717) is 18.3 Å². The first-order valence-electron chi connectivity index (χ1n) is 5.48. The van der Waals surface area contributed by atoms with Crippen molar-refractivity contribution in [3.63, 3.8) is 0 Å². The molecule has 0 aromatic carbocycles. The van der Waals surface area contributed by atoms with Gasteiger partial charge in [-0.1, -0.05) is 13.8 Å². The van der Waals surface area contributed by atoms with Gasteiger partial charge in [-0.05, 0) is 5.92 Å². The summed E-state index contributed by atoms with van der Waals surface area (Å²) >= 11 is 0. The van der Waals surface area contributed by atoms with Crippen LogP contribution in [0.4, 0.5) is 0 Å². The third-order valence-electron chi connectivity index (χ3n) is 2.36. The van der Waals surface area contributed by atoms with Crippen molar-refractivity contribution in [3.8, 4) is 6.07 Å². The van der Waals surface area contributed by atoms with Gasteiger partial charge in [0.15, 0.2) is 0 Å². The topological polar surface area (TPSA) is 72.3 Å². The maximum Gasteiger partial charge on any atom is 0.213 e. The summed E-state index contributed by atoms with van der Waals surface area (Å²) < 4.78 is 3.63. The predicted octanol–water partition coefficient (Wildman–Crippen LogP) is 1.05. The van der Waals surface area contributed by atoms with Crippen LogP contribution in [0.15, 0.2) is 18.7 Å². The highest BCUT2D eigenvalue weighted by molar-refractivity contribution is 5.12. The number of hydrogen-bond acceptors (Lipinski definition) is 4. The van der Waals surface area contributed by atoms with Gasteiger partial charge in [-0.3, -0.25) is 0 Å². The fourth-order valence-electron chi connectivity index (χ4n) is 1.61. The van der Waals surface area contributed by atoms with E-state index in [2.05, 4.69) is 28.9 Å². The molecule has 0 amide bonds. The van der Waals surface area contributed by atoms with Gasteiger partial charge in [-0.2, -0.15) is 10.4 Å². The summed E-state index contributed by atoms with van der Waals surface area (Å²) in [5.41, 5.74) is 0. The highest BCUT2D eigenvalue weighted by Gasteiger charge is 2.09. The molecule has 6 heteroatoms. The third kappa shape index (κ3) is 2.50. The lowest BCUT2D eigenvalue weighted by Crippen LogP contribution is -2.13. The average Bonchev–Trinajstić information content (AvgIpc) is 2.88. The Hall–Kier alpha value is -2.16. The van der Waals surface area contributed by atoms with E-state index in [9.17, 15) is 0 Å². The van der Waals surface area contributed by atoms with Crippen LogP contribution < -0.4 is 0 Å². The standard InChI is InChI=1S/C11H14N6/c1-9(2)6-17-11(14-8-15-17)7-16-4-3-13-10(16)5-12/h3-4,8-9H,6-7H2,1-2H3. The van der Waals surface area contributed by atoms with E-state index < -0.39 is 0 Å². The largest absolute Gasteiger partial charge is 0.315 e. The lowest BCUT2D eigenvalue weighted by Gasteiger charge is -2.09. The van der Waals surface area contributed by atoms with Gasteiger partial charge < -0.3 is 4.57 Å². The lowest BCUT2D eigenvalue weighted by atomic mass is 10.2. The molecule has 0 N–H and O–H groups in total. The molecule has 2 heterocycles. The molecular weight excluding hydrogens is 216 g/mol. The molecule has 0 fully saturated rings. The quantitative estimate of drug-likeness (QED) is 0.787. The van der Waals surface area contributed by atoms with Crippen LogP contribution in [-0.2, 0) is 13.1 Å². The van der Waals surface area contributed by atoms with Crippen molar-refractivity contribution >= 4 is 0 Å². The first-order valence-corrected chi connectivity index (χ1v) is 5.48. The Labute approximate surface area is 99.5 Å². The molecule has 0 bridgehead atoms. The van der Waals surface area contributed by atoms with Crippen LogP contribution in [0, 0.1) is 17.2 Å². The van der Waals surface area contributed by atoms with Gasteiger partial charge in [0, 0.05) is 18.9 Å². The van der Waals surface area contributed by atoms with Crippen LogP contribution in [0.3, 0.4) is 0 Å². The summed E-state index contributed by atoms with van der Waals surface area (Å²) in [4.78, 5) is 8.16. The molecule has 0 aliphatic rings. The normalized spacial score (nSPS) is 10.7. The van der Waals surface area contributed by atoms with Gasteiger partial charge in [-0.15, -0.1) is 0 Å². The molecule has 2 rings (SSSR count). The molecule has 6 nitrogen and oxygen atoms in total. The predicted molar refractivity (Wildman–Crippen MR) is 60.9 cm³/mol. The number of nitrogens with zero attached hydrogens (tertiary/aromatic N) is 6. The molecule has 0 aliphatic carbocycles. The first-order chi connectivity index (χ1) is 8.20. The maximum absolute atomic E-state index is 8.87. The second-order valence-corrected chi connectivity index (χ2v) is 4.24. The number of imidazole rings is 1. The van der Waals surface area contributed by atoms with Crippen LogP contribution in [0.5, 0.6) is 0 Å². The van der Waals surface area contributed by atoms with Crippen molar-refractivity contribution in [2.75, 3.05) is 0 Å². The number of nitriles is 1. The van der Waals surface area contributed by atoms with E-state index >= 15 is 0 Å². The van der Waals surface area contributed by atoms with Crippen LogP contribution >= 0.6 is 0 Å². The summed E-state index contributed by atoms with van der Waals surface area (Å²) in [5.74, 6) is 1.74. The number of hydrogen-bond donors (Lipinski definition) is 0. The summed E-state index contributed by atoms with van der Waals surface area (Å²) in [5, 5.41) is 13.1. The van der Waals surface area contributed by atoms with Crippen molar-refractivity contribution in [2.45, 2.75) is 26.9 Å². The molecule has 0 saturated carbocycles. The fraction of sp³-hybridized carbons (Fsp3) is 0.455. The van der Waals surface area contributed by atoms with E-state index in [1.807, 2.05) is 10.8 Å². The highest BCUT2D eigenvalue weighted by atomic mass is 15.3. The van der Waals surface area contributed by atoms with Gasteiger partial charge in [-0.25, -0.2) is 14.6 Å². The van der Waals surface area contributed by atoms with E-state index in [1.165, 1.54) is 0 Å². The average molecular weight is 230 g/mol. The van der Waals surface area contributed by atoms with Gasteiger partial charge in [0.1, 0.15) is 18.2 Å². The van der Waals surface area contributed by atoms with Crippen LogP contribution in [0.2, 0.25) is 0 Å². The fourth-order valence-corrected chi connectivity index (χ4v) is 1.61. The van der Waals surface area contributed by atoms with Crippen molar-refractivity contribution in [2.24, 2.45) is 5.92 Å². The van der Waals surface area contributed by atoms with Crippen LogP contribution in [-0.4, -0.2) is 24.3 Å². The molecule has 0 spiro atoms. The molecule has 0 saturated heterocycles. The summed E-state index contributed by atoms with van der Waals surface area (Å²) in [6, 6.07) is 2.04. The highest BCUT2D eigenvalue weighted by Crippen LogP contribution is 2.05. The van der Waals surface area contributed by atoms with Crippen LogP contribution in [0.25, 0.3) is 0 Å². The Bertz CT molecular complexity index is 530. The van der Waals surface area contributed by atoms with Crippen LogP contribution in [0.1, 0.15) is 25.5 Å². The second-order valence-electron chi connectivity index (χ2n) is 4.24. The van der Waals surface area contributed by atoms with Crippen molar-refractivity contribution in [1.82, 2.24) is 24.3 Å². The third-order valence-corrected chi connectivity index (χ3v) is 2.36. The summed E-state index contributed by atoms with van der Waals surface area (Å²) in [6.07, 6.45) is 4.93. The Balaban J connectivity index is 2.19. The van der Waals surface area contributed by atoms with E-state index in [0.717, 1.165) is 12.4 Å². The second kappa shape index (κ2) is 4.78. The number of rotatable bonds is 4. The van der Waals surface area contributed by atoms with Gasteiger partial charge in [0.05, 0.1) is 6.54 Å². The first kappa shape index (κ1) is 11.3. The number of aromatic nitrogens is 5. The minimum absolute atomic E-state index is 0.393. The Morgan fingerprint density at radius 1 is 1.41 bits per heavy atom. The molecule has 0 radical (unpaired) electrons. The van der Waals surface area contributed by atoms with Crippen molar-refractivity contribution in [1.29, 1.82) is 5.26 Å². The zero-order valence-corrected chi connectivity index (χ0v) is 9.91. The molecule has 0 unspecified atom stereocenters. The molecule has 2 aromatic heterocycles. The SMILES string of the molecule is CC(C)Cn1ncnc1Cn1ccnc1C#N. The zero-order chi connectivity index (χ0) is 12.3. The van der Waals surface area contributed by atoms with E-state index in [1.54, 1.807) is 23.3 Å². The van der Waals surface area contributed by atoms with Crippen molar-refractivity contribution in [3.05, 3.63) is 30.4 Å². The molecule has 88 valence electrons. The molecule has 0 atom stereocenters. The van der Waals surface area contributed by atoms with Gasteiger partial charge >= 0.3 is 0 Å². The van der Waals surface area contributed by atoms with Gasteiger partial charge in [0.2, 0.25) is 5.82 Å². The minimum Gasteiger partial charge on any atom is -0.315 e. The summed E-state index contributed by atoms with van der Waals surface area (Å²) in [6.45, 7) is 5.61.